The molecule has 0 aliphatic rings. The second-order valence-electron chi connectivity index (χ2n) is 4.37. The number of anilines is 1. The first-order valence-corrected chi connectivity index (χ1v) is 6.56. The van der Waals surface area contributed by atoms with Crippen LogP contribution in [0.1, 0.15) is 11.3 Å². The van der Waals surface area contributed by atoms with Crippen molar-refractivity contribution in [3.05, 3.63) is 47.9 Å². The van der Waals surface area contributed by atoms with E-state index in [1.54, 1.807) is 17.0 Å². The van der Waals surface area contributed by atoms with E-state index in [-0.39, 0.29) is 5.11 Å². The van der Waals surface area contributed by atoms with Gasteiger partial charge in [0.05, 0.1) is 5.56 Å². The molecule has 0 aliphatic heterocycles. The number of aromatic nitrogens is 2. The van der Waals surface area contributed by atoms with Gasteiger partial charge in [-0.05, 0) is 36.5 Å². The van der Waals surface area contributed by atoms with Crippen molar-refractivity contribution in [2.24, 2.45) is 12.8 Å². The van der Waals surface area contributed by atoms with Crippen LogP contribution in [-0.2, 0) is 13.5 Å². The molecule has 2 rings (SSSR count). The fourth-order valence-electron chi connectivity index (χ4n) is 1.93. The number of hydrogen-bond donors (Lipinski definition) is 1. The van der Waals surface area contributed by atoms with Crippen molar-refractivity contribution in [1.82, 2.24) is 9.55 Å². The Labute approximate surface area is 123 Å². The molecule has 0 unspecified atom stereocenters. The van der Waals surface area contributed by atoms with Gasteiger partial charge in [-0.15, -0.1) is 0 Å². The molecule has 0 spiro atoms. The van der Waals surface area contributed by atoms with Crippen molar-refractivity contribution in [3.63, 3.8) is 0 Å². The summed E-state index contributed by atoms with van der Waals surface area (Å²) in [7, 11) is 2.00. The Morgan fingerprint density at radius 1 is 1.50 bits per heavy atom. The Balaban J connectivity index is 2.13. The second kappa shape index (κ2) is 6.17. The summed E-state index contributed by atoms with van der Waals surface area (Å²) < 4.78 is 2.06. The fraction of sp³-hybridized carbons (Fsp3) is 0.214. The predicted octanol–water partition coefficient (Wildman–Crippen LogP) is 1.58. The van der Waals surface area contributed by atoms with Crippen molar-refractivity contribution in [3.8, 4) is 6.07 Å². The van der Waals surface area contributed by atoms with Gasteiger partial charge in [0, 0.05) is 38.1 Å². The van der Waals surface area contributed by atoms with Crippen molar-refractivity contribution < 1.29 is 0 Å². The van der Waals surface area contributed by atoms with Gasteiger partial charge in [0.2, 0.25) is 0 Å². The zero-order valence-electron chi connectivity index (χ0n) is 11.2. The highest BCUT2D eigenvalue weighted by atomic mass is 32.1. The summed E-state index contributed by atoms with van der Waals surface area (Å²) >= 11 is 5.08. The van der Waals surface area contributed by atoms with E-state index >= 15 is 0 Å². The molecule has 20 heavy (non-hydrogen) atoms. The molecule has 2 aromatic heterocycles. The second-order valence-corrected chi connectivity index (χ2v) is 4.79. The van der Waals surface area contributed by atoms with Crippen LogP contribution in [0.4, 0.5) is 5.82 Å². The van der Waals surface area contributed by atoms with Gasteiger partial charge in [-0.25, -0.2) is 4.98 Å². The molecule has 0 radical (unpaired) electrons. The van der Waals surface area contributed by atoms with E-state index < -0.39 is 0 Å². The van der Waals surface area contributed by atoms with E-state index in [9.17, 15) is 0 Å². The SMILES string of the molecule is Cn1cccc1CCN(C(N)=S)c1ccc(C#N)cn1. The zero-order valence-corrected chi connectivity index (χ0v) is 12.0. The smallest absolute Gasteiger partial charge is 0.171 e. The summed E-state index contributed by atoms with van der Waals surface area (Å²) in [5.41, 5.74) is 7.47. The Morgan fingerprint density at radius 2 is 2.30 bits per heavy atom. The van der Waals surface area contributed by atoms with E-state index in [1.807, 2.05) is 25.4 Å². The number of hydrogen-bond acceptors (Lipinski definition) is 3. The number of thiocarbonyl (C=S) groups is 1. The van der Waals surface area contributed by atoms with Gasteiger partial charge in [0.1, 0.15) is 11.9 Å². The number of nitrogens with two attached hydrogens (primary N) is 1. The van der Waals surface area contributed by atoms with Crippen LogP contribution >= 0.6 is 12.2 Å². The van der Waals surface area contributed by atoms with E-state index in [1.165, 1.54) is 11.9 Å². The standard InChI is InChI=1S/C14H15N5S/c1-18-7-2-3-12(18)6-8-19(14(16)20)13-5-4-11(9-15)10-17-13/h2-5,7,10H,6,8H2,1H3,(H2,16,20). The summed E-state index contributed by atoms with van der Waals surface area (Å²) in [6.07, 6.45) is 4.33. The van der Waals surface area contributed by atoms with Crippen molar-refractivity contribution >= 4 is 23.1 Å². The van der Waals surface area contributed by atoms with Crippen LogP contribution in [0.25, 0.3) is 0 Å². The van der Waals surface area contributed by atoms with Crippen molar-refractivity contribution in [2.75, 3.05) is 11.4 Å². The number of nitrogens with zero attached hydrogens (tertiary/aromatic N) is 4. The molecule has 2 N–H and O–H groups in total. The molecular formula is C14H15N5S. The van der Waals surface area contributed by atoms with E-state index in [2.05, 4.69) is 15.6 Å². The summed E-state index contributed by atoms with van der Waals surface area (Å²) in [6.45, 7) is 0.645. The van der Waals surface area contributed by atoms with Crippen LogP contribution in [0, 0.1) is 11.3 Å². The maximum atomic E-state index is 8.78. The van der Waals surface area contributed by atoms with Crippen LogP contribution in [0.5, 0.6) is 0 Å². The minimum absolute atomic E-state index is 0.274. The highest BCUT2D eigenvalue weighted by Crippen LogP contribution is 2.12. The molecule has 102 valence electrons. The third-order valence-electron chi connectivity index (χ3n) is 3.06. The Hall–Kier alpha value is -2.39. The summed E-state index contributed by atoms with van der Waals surface area (Å²) in [4.78, 5) is 5.99. The molecule has 0 aliphatic carbocycles. The predicted molar refractivity (Wildman–Crippen MR) is 82.2 cm³/mol. The summed E-state index contributed by atoms with van der Waals surface area (Å²) in [5.74, 6) is 0.658. The Kier molecular flexibility index (Phi) is 4.33. The van der Waals surface area contributed by atoms with Crippen LogP contribution in [0.3, 0.4) is 0 Å². The average molecular weight is 285 g/mol. The average Bonchev–Trinajstić information content (AvgIpc) is 2.85. The van der Waals surface area contributed by atoms with Crippen LogP contribution in [0.15, 0.2) is 36.7 Å². The molecule has 0 amide bonds. The molecule has 2 aromatic rings. The molecule has 0 saturated carbocycles. The maximum absolute atomic E-state index is 8.78. The van der Waals surface area contributed by atoms with Gasteiger partial charge < -0.3 is 15.2 Å². The molecule has 0 atom stereocenters. The number of rotatable bonds is 4. The lowest BCUT2D eigenvalue weighted by atomic mass is 10.2. The molecule has 0 bridgehead atoms. The molecule has 5 nitrogen and oxygen atoms in total. The Bertz CT molecular complexity index is 638. The quantitative estimate of drug-likeness (QED) is 0.864. The van der Waals surface area contributed by atoms with Crippen LogP contribution < -0.4 is 10.6 Å². The summed E-state index contributed by atoms with van der Waals surface area (Å²) in [5, 5.41) is 9.05. The normalized spacial score (nSPS) is 10.0. The maximum Gasteiger partial charge on any atom is 0.171 e. The van der Waals surface area contributed by atoms with Gasteiger partial charge >= 0.3 is 0 Å². The molecule has 0 saturated heterocycles. The zero-order chi connectivity index (χ0) is 14.5. The largest absolute Gasteiger partial charge is 0.376 e. The number of aryl methyl sites for hydroxylation is 1. The third kappa shape index (κ3) is 3.13. The van der Waals surface area contributed by atoms with E-state index in [0.717, 1.165) is 6.42 Å². The highest BCUT2D eigenvalue weighted by Gasteiger charge is 2.11. The van der Waals surface area contributed by atoms with Gasteiger partial charge in [-0.3, -0.25) is 0 Å². The summed E-state index contributed by atoms with van der Waals surface area (Å²) in [6, 6.07) is 9.55. The van der Waals surface area contributed by atoms with E-state index in [4.69, 9.17) is 23.2 Å². The van der Waals surface area contributed by atoms with Crippen LogP contribution in [-0.4, -0.2) is 21.2 Å². The lowest BCUT2D eigenvalue weighted by Gasteiger charge is -2.21. The Morgan fingerprint density at radius 3 is 2.80 bits per heavy atom. The molecule has 2 heterocycles. The first-order chi connectivity index (χ1) is 9.61. The first-order valence-electron chi connectivity index (χ1n) is 6.15. The van der Waals surface area contributed by atoms with Gasteiger partial charge in [0.25, 0.3) is 0 Å². The number of pyridine rings is 1. The van der Waals surface area contributed by atoms with Gasteiger partial charge in [0.15, 0.2) is 5.11 Å². The fourth-order valence-corrected chi connectivity index (χ4v) is 2.12. The molecule has 0 aromatic carbocycles. The minimum Gasteiger partial charge on any atom is -0.376 e. The topological polar surface area (TPSA) is 70.9 Å². The monoisotopic (exact) mass is 285 g/mol. The van der Waals surface area contributed by atoms with Crippen LogP contribution in [0.2, 0.25) is 0 Å². The van der Waals surface area contributed by atoms with Crippen molar-refractivity contribution in [1.29, 1.82) is 5.26 Å². The van der Waals surface area contributed by atoms with Gasteiger partial charge in [-0.2, -0.15) is 5.26 Å². The van der Waals surface area contributed by atoms with E-state index in [0.29, 0.717) is 17.9 Å². The molecular weight excluding hydrogens is 270 g/mol. The highest BCUT2D eigenvalue weighted by molar-refractivity contribution is 7.80. The molecule has 6 heteroatoms. The molecule has 0 fully saturated rings. The minimum atomic E-state index is 0.274. The lowest BCUT2D eigenvalue weighted by Crippen LogP contribution is -2.37. The lowest BCUT2D eigenvalue weighted by molar-refractivity contribution is 0.797. The van der Waals surface area contributed by atoms with Crippen molar-refractivity contribution in [2.45, 2.75) is 6.42 Å². The number of nitriles is 1. The third-order valence-corrected chi connectivity index (χ3v) is 3.28. The van der Waals surface area contributed by atoms with Gasteiger partial charge in [-0.1, -0.05) is 0 Å². The first kappa shape index (κ1) is 14.0.